The molecule has 1 unspecified atom stereocenters. The zero-order valence-corrected chi connectivity index (χ0v) is 11.7. The molecule has 6 heteroatoms. The second kappa shape index (κ2) is 7.33. The average molecular weight is 272 g/mol. The lowest BCUT2D eigenvalue weighted by Crippen LogP contribution is -2.59. The van der Waals surface area contributed by atoms with Crippen LogP contribution in [0.5, 0.6) is 0 Å². The van der Waals surface area contributed by atoms with E-state index in [2.05, 4.69) is 10.6 Å². The Morgan fingerprint density at radius 1 is 1.32 bits per heavy atom. The summed E-state index contributed by atoms with van der Waals surface area (Å²) in [4.78, 5) is 23.3. The van der Waals surface area contributed by atoms with Crippen molar-refractivity contribution in [3.8, 4) is 0 Å². The maximum Gasteiger partial charge on any atom is 0.329 e. The van der Waals surface area contributed by atoms with Crippen LogP contribution in [-0.4, -0.2) is 42.4 Å². The number of ether oxygens (including phenoxy) is 1. The first kappa shape index (κ1) is 15.8. The van der Waals surface area contributed by atoms with E-state index >= 15 is 0 Å². The summed E-state index contributed by atoms with van der Waals surface area (Å²) in [5.74, 6) is -0.942. The summed E-state index contributed by atoms with van der Waals surface area (Å²) in [6, 6.07) is -0.521. The molecule has 1 saturated carbocycles. The Bertz CT molecular complexity index is 314. The summed E-state index contributed by atoms with van der Waals surface area (Å²) in [6.07, 6.45) is 4.43. The lowest BCUT2D eigenvalue weighted by atomic mass is 9.82. The van der Waals surface area contributed by atoms with Gasteiger partial charge in [0.2, 0.25) is 0 Å². The SMILES string of the molecule is CCC(COC)NC(=O)NC1(C(=O)O)CCCCC1. The molecule has 1 fully saturated rings. The largest absolute Gasteiger partial charge is 0.480 e. The van der Waals surface area contributed by atoms with Crippen molar-refractivity contribution in [2.45, 2.75) is 57.0 Å². The number of carboxylic acids is 1. The van der Waals surface area contributed by atoms with E-state index in [0.29, 0.717) is 19.4 Å². The third-order valence-electron chi connectivity index (χ3n) is 3.67. The van der Waals surface area contributed by atoms with Gasteiger partial charge in [0, 0.05) is 7.11 Å². The third-order valence-corrected chi connectivity index (χ3v) is 3.67. The van der Waals surface area contributed by atoms with Crippen molar-refractivity contribution in [2.75, 3.05) is 13.7 Å². The molecule has 1 rings (SSSR count). The summed E-state index contributed by atoms with van der Waals surface area (Å²) < 4.78 is 5.00. The number of carbonyl (C=O) groups is 2. The first-order valence-corrected chi connectivity index (χ1v) is 6.85. The molecule has 0 aromatic rings. The molecule has 0 saturated heterocycles. The molecule has 0 aromatic heterocycles. The highest BCUT2D eigenvalue weighted by Crippen LogP contribution is 2.28. The van der Waals surface area contributed by atoms with E-state index in [4.69, 9.17) is 4.74 Å². The molecule has 0 aliphatic heterocycles. The van der Waals surface area contributed by atoms with Crippen LogP contribution in [0, 0.1) is 0 Å². The summed E-state index contributed by atoms with van der Waals surface area (Å²) in [6.45, 7) is 2.36. The first-order chi connectivity index (χ1) is 9.04. The lowest BCUT2D eigenvalue weighted by molar-refractivity contribution is -0.145. The number of hydrogen-bond donors (Lipinski definition) is 3. The van der Waals surface area contributed by atoms with Crippen LogP contribution in [0.25, 0.3) is 0 Å². The molecular formula is C13H24N2O4. The number of methoxy groups -OCH3 is 1. The van der Waals surface area contributed by atoms with Crippen LogP contribution < -0.4 is 10.6 Å². The van der Waals surface area contributed by atoms with Gasteiger partial charge < -0.3 is 20.5 Å². The van der Waals surface area contributed by atoms with Gasteiger partial charge >= 0.3 is 12.0 Å². The van der Waals surface area contributed by atoms with Gasteiger partial charge in [0.05, 0.1) is 12.6 Å². The van der Waals surface area contributed by atoms with Crippen LogP contribution in [0.15, 0.2) is 0 Å². The Morgan fingerprint density at radius 2 is 1.95 bits per heavy atom. The molecule has 1 atom stereocenters. The number of rotatable bonds is 6. The van der Waals surface area contributed by atoms with Crippen molar-refractivity contribution in [1.29, 1.82) is 0 Å². The van der Waals surface area contributed by atoms with Gasteiger partial charge in [0.15, 0.2) is 0 Å². The molecule has 0 spiro atoms. The standard InChI is InChI=1S/C13H24N2O4/c1-3-10(9-19-2)14-12(18)15-13(11(16)17)7-5-4-6-8-13/h10H,3-9H2,1-2H3,(H,16,17)(H2,14,15,18). The number of hydrogen-bond acceptors (Lipinski definition) is 3. The lowest BCUT2D eigenvalue weighted by Gasteiger charge is -2.34. The minimum Gasteiger partial charge on any atom is -0.480 e. The topological polar surface area (TPSA) is 87.7 Å². The van der Waals surface area contributed by atoms with Crippen LogP contribution in [0.2, 0.25) is 0 Å². The normalized spacial score (nSPS) is 19.5. The summed E-state index contributed by atoms with van der Waals surface area (Å²) in [5, 5.41) is 14.8. The Balaban J connectivity index is 2.59. The number of carboxylic acid groups (broad SMARTS) is 1. The van der Waals surface area contributed by atoms with E-state index in [1.54, 1.807) is 7.11 Å². The van der Waals surface area contributed by atoms with E-state index in [0.717, 1.165) is 25.7 Å². The summed E-state index contributed by atoms with van der Waals surface area (Å²) in [7, 11) is 1.57. The van der Waals surface area contributed by atoms with Gasteiger partial charge in [0.25, 0.3) is 0 Å². The second-order valence-corrected chi connectivity index (χ2v) is 5.11. The zero-order chi connectivity index (χ0) is 14.3. The summed E-state index contributed by atoms with van der Waals surface area (Å²) >= 11 is 0. The number of aliphatic carboxylic acids is 1. The molecule has 3 N–H and O–H groups in total. The van der Waals surface area contributed by atoms with Gasteiger partial charge in [-0.25, -0.2) is 9.59 Å². The van der Waals surface area contributed by atoms with Gasteiger partial charge in [-0.15, -0.1) is 0 Å². The Labute approximate surface area is 113 Å². The Hall–Kier alpha value is -1.30. The highest BCUT2D eigenvalue weighted by Gasteiger charge is 2.41. The van der Waals surface area contributed by atoms with E-state index in [-0.39, 0.29) is 6.04 Å². The number of carbonyl (C=O) groups excluding carboxylic acids is 1. The zero-order valence-electron chi connectivity index (χ0n) is 11.7. The fraction of sp³-hybridized carbons (Fsp3) is 0.846. The Kier molecular flexibility index (Phi) is 6.08. The molecule has 0 bridgehead atoms. The molecule has 1 aliphatic carbocycles. The van der Waals surface area contributed by atoms with Crippen molar-refractivity contribution in [3.63, 3.8) is 0 Å². The predicted molar refractivity (Wildman–Crippen MR) is 71.1 cm³/mol. The van der Waals surface area contributed by atoms with Crippen LogP contribution in [0.3, 0.4) is 0 Å². The predicted octanol–water partition coefficient (Wildman–Crippen LogP) is 1.50. The molecule has 19 heavy (non-hydrogen) atoms. The van der Waals surface area contributed by atoms with Gasteiger partial charge in [-0.05, 0) is 19.3 Å². The molecular weight excluding hydrogens is 248 g/mol. The van der Waals surface area contributed by atoms with Gasteiger partial charge in [0.1, 0.15) is 5.54 Å². The minimum atomic E-state index is -1.10. The molecule has 2 amide bonds. The van der Waals surface area contributed by atoms with Crippen molar-refractivity contribution >= 4 is 12.0 Å². The van der Waals surface area contributed by atoms with Crippen molar-refractivity contribution in [3.05, 3.63) is 0 Å². The maximum absolute atomic E-state index is 11.9. The highest BCUT2D eigenvalue weighted by atomic mass is 16.5. The molecule has 0 radical (unpaired) electrons. The average Bonchev–Trinajstić information content (AvgIpc) is 2.39. The van der Waals surface area contributed by atoms with E-state index in [1.807, 2.05) is 6.92 Å². The molecule has 1 aliphatic rings. The van der Waals surface area contributed by atoms with Gasteiger partial charge in [-0.3, -0.25) is 0 Å². The highest BCUT2D eigenvalue weighted by molar-refractivity contribution is 5.86. The van der Waals surface area contributed by atoms with Crippen LogP contribution >= 0.6 is 0 Å². The summed E-state index contributed by atoms with van der Waals surface area (Å²) in [5.41, 5.74) is -1.10. The maximum atomic E-state index is 11.9. The van der Waals surface area contributed by atoms with Crippen molar-refractivity contribution in [1.82, 2.24) is 10.6 Å². The van der Waals surface area contributed by atoms with Gasteiger partial charge in [-0.2, -0.15) is 0 Å². The fourth-order valence-electron chi connectivity index (χ4n) is 2.45. The number of urea groups is 1. The van der Waals surface area contributed by atoms with Crippen LogP contribution in [0.1, 0.15) is 45.4 Å². The molecule has 0 heterocycles. The fourth-order valence-corrected chi connectivity index (χ4v) is 2.45. The van der Waals surface area contributed by atoms with Crippen LogP contribution in [-0.2, 0) is 9.53 Å². The second-order valence-electron chi connectivity index (χ2n) is 5.11. The monoisotopic (exact) mass is 272 g/mol. The third kappa shape index (κ3) is 4.38. The smallest absolute Gasteiger partial charge is 0.329 e. The van der Waals surface area contributed by atoms with E-state index in [1.165, 1.54) is 0 Å². The first-order valence-electron chi connectivity index (χ1n) is 6.85. The molecule has 6 nitrogen and oxygen atoms in total. The number of nitrogens with one attached hydrogen (secondary N) is 2. The van der Waals surface area contributed by atoms with Crippen LogP contribution in [0.4, 0.5) is 4.79 Å². The van der Waals surface area contributed by atoms with Crippen molar-refractivity contribution in [2.24, 2.45) is 0 Å². The van der Waals surface area contributed by atoms with E-state index in [9.17, 15) is 14.7 Å². The van der Waals surface area contributed by atoms with E-state index < -0.39 is 17.5 Å². The number of amides is 2. The molecule has 0 aromatic carbocycles. The quantitative estimate of drug-likeness (QED) is 0.683. The molecule has 110 valence electrons. The minimum absolute atomic E-state index is 0.0977. The Morgan fingerprint density at radius 3 is 2.42 bits per heavy atom. The van der Waals surface area contributed by atoms with Crippen molar-refractivity contribution < 1.29 is 19.4 Å². The van der Waals surface area contributed by atoms with Gasteiger partial charge in [-0.1, -0.05) is 26.2 Å².